The molecular weight excluding hydrogens is 286 g/mol. The summed E-state index contributed by atoms with van der Waals surface area (Å²) >= 11 is 5.94. The molecule has 0 saturated heterocycles. The molecule has 0 aliphatic rings. The zero-order valence-electron chi connectivity index (χ0n) is 11.4. The normalized spacial score (nSPS) is 10.6. The molecule has 3 N–H and O–H groups in total. The number of amides is 2. The van der Waals surface area contributed by atoms with Crippen molar-refractivity contribution in [2.45, 2.75) is 6.92 Å². The molecule has 2 aromatic carbocycles. The van der Waals surface area contributed by atoms with Crippen molar-refractivity contribution in [3.8, 4) is 0 Å². The molecule has 3 aromatic rings. The van der Waals surface area contributed by atoms with Crippen LogP contribution in [0, 0.1) is 6.92 Å². The molecule has 1 aromatic heterocycles. The highest BCUT2D eigenvalue weighted by Gasteiger charge is 2.08. The number of fused-ring (bicyclic) bond motifs is 1. The molecule has 0 atom stereocenters. The Morgan fingerprint density at radius 2 is 1.86 bits per heavy atom. The molecule has 0 aliphatic carbocycles. The molecule has 0 aliphatic heterocycles. The lowest BCUT2D eigenvalue weighted by Gasteiger charge is -2.09. The smallest absolute Gasteiger partial charge is 0.323 e. The highest BCUT2D eigenvalue weighted by atomic mass is 35.5. The lowest BCUT2D eigenvalue weighted by molar-refractivity contribution is 0.262. The zero-order valence-corrected chi connectivity index (χ0v) is 12.2. The molecule has 21 heavy (non-hydrogen) atoms. The summed E-state index contributed by atoms with van der Waals surface area (Å²) in [5.74, 6) is 0. The number of aromatic nitrogens is 1. The number of urea groups is 1. The monoisotopic (exact) mass is 299 g/mol. The second-order valence-corrected chi connectivity index (χ2v) is 5.22. The Morgan fingerprint density at radius 3 is 2.71 bits per heavy atom. The average Bonchev–Trinajstić information content (AvgIpc) is 2.86. The van der Waals surface area contributed by atoms with Gasteiger partial charge >= 0.3 is 6.03 Å². The summed E-state index contributed by atoms with van der Waals surface area (Å²) in [6.07, 6.45) is 1.77. The third-order valence-electron chi connectivity index (χ3n) is 3.29. The highest BCUT2D eigenvalue weighted by Crippen LogP contribution is 2.24. The second-order valence-electron chi connectivity index (χ2n) is 4.79. The summed E-state index contributed by atoms with van der Waals surface area (Å²) in [5, 5.41) is 7.20. The van der Waals surface area contributed by atoms with E-state index in [1.165, 1.54) is 0 Å². The van der Waals surface area contributed by atoms with Crippen LogP contribution in [0.15, 0.2) is 48.7 Å². The van der Waals surface area contributed by atoms with Crippen molar-refractivity contribution < 1.29 is 4.79 Å². The Morgan fingerprint density at radius 1 is 1.10 bits per heavy atom. The number of para-hydroxylation sites is 1. The number of carbonyl (C=O) groups excluding carboxylic acids is 1. The van der Waals surface area contributed by atoms with Crippen molar-refractivity contribution in [1.82, 2.24) is 4.98 Å². The van der Waals surface area contributed by atoms with Crippen LogP contribution in [0.5, 0.6) is 0 Å². The average molecular weight is 300 g/mol. The van der Waals surface area contributed by atoms with Gasteiger partial charge in [-0.3, -0.25) is 0 Å². The molecule has 106 valence electrons. The van der Waals surface area contributed by atoms with Crippen LogP contribution in [-0.2, 0) is 0 Å². The Bertz CT molecular complexity index is 810. The van der Waals surface area contributed by atoms with Gasteiger partial charge in [0.1, 0.15) is 0 Å². The van der Waals surface area contributed by atoms with Crippen molar-refractivity contribution in [2.24, 2.45) is 0 Å². The van der Waals surface area contributed by atoms with E-state index in [1.807, 2.05) is 37.3 Å². The molecular formula is C16H14ClN3O. The first kappa shape index (κ1) is 13.5. The molecule has 0 unspecified atom stereocenters. The molecule has 3 rings (SSSR count). The quantitative estimate of drug-likeness (QED) is 0.627. The van der Waals surface area contributed by atoms with Gasteiger partial charge in [0.2, 0.25) is 0 Å². The van der Waals surface area contributed by atoms with Crippen molar-refractivity contribution in [3.63, 3.8) is 0 Å². The molecule has 5 heteroatoms. The minimum absolute atomic E-state index is 0.301. The molecule has 0 bridgehead atoms. The van der Waals surface area contributed by atoms with E-state index in [-0.39, 0.29) is 6.03 Å². The van der Waals surface area contributed by atoms with E-state index in [1.54, 1.807) is 18.3 Å². The first-order valence-corrected chi connectivity index (χ1v) is 6.91. The van der Waals surface area contributed by atoms with E-state index >= 15 is 0 Å². The van der Waals surface area contributed by atoms with Crippen LogP contribution >= 0.6 is 11.6 Å². The van der Waals surface area contributed by atoms with Crippen LogP contribution in [0.25, 0.3) is 10.9 Å². The number of hydrogen-bond donors (Lipinski definition) is 3. The second kappa shape index (κ2) is 5.50. The summed E-state index contributed by atoms with van der Waals surface area (Å²) in [6, 6.07) is 12.9. The van der Waals surface area contributed by atoms with Gasteiger partial charge in [-0.2, -0.15) is 0 Å². The van der Waals surface area contributed by atoms with Gasteiger partial charge < -0.3 is 15.6 Å². The van der Waals surface area contributed by atoms with Crippen LogP contribution < -0.4 is 10.6 Å². The van der Waals surface area contributed by atoms with Crippen molar-refractivity contribution in [3.05, 3.63) is 59.2 Å². The van der Waals surface area contributed by atoms with Crippen LogP contribution in [0.4, 0.5) is 16.2 Å². The molecule has 0 spiro atoms. The largest absolute Gasteiger partial charge is 0.359 e. The SMILES string of the molecule is Cc1ccc(Cl)cc1NC(=O)Nc1c[nH]c2ccccc12. The number of anilines is 2. The van der Waals surface area contributed by atoms with Crippen LogP contribution in [0.1, 0.15) is 5.56 Å². The van der Waals surface area contributed by atoms with Gasteiger partial charge in [-0.1, -0.05) is 35.9 Å². The van der Waals surface area contributed by atoms with E-state index in [0.29, 0.717) is 10.7 Å². The first-order chi connectivity index (χ1) is 10.1. The summed E-state index contributed by atoms with van der Waals surface area (Å²) in [6.45, 7) is 1.91. The number of carbonyl (C=O) groups is 1. The fraction of sp³-hybridized carbons (Fsp3) is 0.0625. The minimum atomic E-state index is -0.301. The van der Waals surface area contributed by atoms with Crippen molar-refractivity contribution in [1.29, 1.82) is 0 Å². The summed E-state index contributed by atoms with van der Waals surface area (Å²) < 4.78 is 0. The number of H-pyrrole nitrogens is 1. The number of aromatic amines is 1. The van der Waals surface area contributed by atoms with Gasteiger partial charge in [-0.15, -0.1) is 0 Å². The number of benzene rings is 2. The molecule has 1 heterocycles. The summed E-state index contributed by atoms with van der Waals surface area (Å²) in [7, 11) is 0. The van der Waals surface area contributed by atoms with Gasteiger partial charge in [0.05, 0.1) is 5.69 Å². The third kappa shape index (κ3) is 2.85. The number of hydrogen-bond acceptors (Lipinski definition) is 1. The van der Waals surface area contributed by atoms with E-state index < -0.39 is 0 Å². The molecule has 2 amide bonds. The maximum absolute atomic E-state index is 12.1. The van der Waals surface area contributed by atoms with Crippen LogP contribution in [0.3, 0.4) is 0 Å². The Balaban J connectivity index is 1.79. The first-order valence-electron chi connectivity index (χ1n) is 6.54. The maximum atomic E-state index is 12.1. The zero-order chi connectivity index (χ0) is 14.8. The van der Waals surface area contributed by atoms with Crippen LogP contribution in [-0.4, -0.2) is 11.0 Å². The predicted octanol–water partition coefficient (Wildman–Crippen LogP) is 4.77. The number of halogens is 1. The van der Waals surface area contributed by atoms with Crippen molar-refractivity contribution >= 4 is 39.9 Å². The van der Waals surface area contributed by atoms with Crippen LogP contribution in [0.2, 0.25) is 5.02 Å². The Labute approximate surface area is 127 Å². The molecule has 0 radical (unpaired) electrons. The number of nitrogens with one attached hydrogen (secondary N) is 3. The lowest BCUT2D eigenvalue weighted by Crippen LogP contribution is -2.19. The van der Waals surface area contributed by atoms with E-state index in [9.17, 15) is 4.79 Å². The topological polar surface area (TPSA) is 56.9 Å². The van der Waals surface area contributed by atoms with E-state index in [2.05, 4.69) is 15.6 Å². The predicted molar refractivity (Wildman–Crippen MR) is 87.1 cm³/mol. The van der Waals surface area contributed by atoms with Gasteiger partial charge in [-0.25, -0.2) is 4.79 Å². The standard InChI is InChI=1S/C16H14ClN3O/c1-10-6-7-11(17)8-14(10)19-16(21)20-15-9-18-13-5-3-2-4-12(13)15/h2-9,18H,1H3,(H2,19,20,21). The highest BCUT2D eigenvalue weighted by molar-refractivity contribution is 6.31. The summed E-state index contributed by atoms with van der Waals surface area (Å²) in [5.41, 5.74) is 3.36. The number of aryl methyl sites for hydroxylation is 1. The molecule has 0 fully saturated rings. The minimum Gasteiger partial charge on any atom is -0.359 e. The van der Waals surface area contributed by atoms with Gasteiger partial charge in [0.15, 0.2) is 0 Å². The number of rotatable bonds is 2. The fourth-order valence-electron chi connectivity index (χ4n) is 2.18. The molecule has 4 nitrogen and oxygen atoms in total. The Kier molecular flexibility index (Phi) is 3.54. The Hall–Kier alpha value is -2.46. The summed E-state index contributed by atoms with van der Waals surface area (Å²) in [4.78, 5) is 15.2. The van der Waals surface area contributed by atoms with Crippen molar-refractivity contribution in [2.75, 3.05) is 10.6 Å². The molecule has 0 saturated carbocycles. The maximum Gasteiger partial charge on any atom is 0.323 e. The van der Waals surface area contributed by atoms with Gasteiger partial charge in [0, 0.05) is 27.8 Å². The van der Waals surface area contributed by atoms with Gasteiger partial charge in [-0.05, 0) is 30.7 Å². The van der Waals surface area contributed by atoms with Gasteiger partial charge in [0.25, 0.3) is 0 Å². The van der Waals surface area contributed by atoms with E-state index in [0.717, 1.165) is 22.2 Å². The third-order valence-corrected chi connectivity index (χ3v) is 3.52. The lowest BCUT2D eigenvalue weighted by atomic mass is 10.2. The fourth-order valence-corrected chi connectivity index (χ4v) is 2.35. The van der Waals surface area contributed by atoms with E-state index in [4.69, 9.17) is 11.6 Å².